The molecule has 0 radical (unpaired) electrons. The zero-order chi connectivity index (χ0) is 78.6. The molecule has 110 heavy (non-hydrogen) atoms. The zero-order valence-corrected chi connectivity index (χ0v) is 63.4. The molecular weight excluding hydrogens is 1420 g/mol. The van der Waals surface area contributed by atoms with Crippen LogP contribution in [-0.4, -0.2) is 215 Å². The van der Waals surface area contributed by atoms with Gasteiger partial charge in [-0.2, -0.15) is 0 Å². The minimum Gasteiger partial charge on any atom is -0.497 e. The third kappa shape index (κ3) is 21.8. The molecule has 4 aromatic carbocycles. The predicted molar refractivity (Wildman–Crippen MR) is 404 cm³/mol. The van der Waals surface area contributed by atoms with E-state index in [0.29, 0.717) is 103 Å². The molecule has 1 aromatic heterocycles. The number of hydrogen-bond donors (Lipinski definition) is 11. The topological polar surface area (TPSA) is 378 Å². The number of aromatic nitrogens is 1. The number of aryl methyl sites for hydroxylation is 1. The van der Waals surface area contributed by atoms with Crippen LogP contribution in [0, 0.1) is 5.82 Å². The van der Waals surface area contributed by atoms with E-state index in [4.69, 9.17) is 9.47 Å². The van der Waals surface area contributed by atoms with E-state index >= 15 is 33.2 Å². The highest BCUT2D eigenvalue weighted by atomic mass is 19.1. The first kappa shape index (κ1) is 82.2. The molecule has 6 aliphatic rings. The number of carbonyl (C=O) groups excluding carboxylic acids is 12. The lowest BCUT2D eigenvalue weighted by atomic mass is 9.95. The number of nitrogens with zero attached hydrogens (tertiary/aromatic N) is 4. The van der Waals surface area contributed by atoms with E-state index in [-0.39, 0.29) is 90.0 Å². The van der Waals surface area contributed by atoms with Gasteiger partial charge < -0.3 is 87.0 Å². The molecule has 11 rings (SSSR count). The number of methoxy groups -OCH3 is 1. The molecule has 30 heteroatoms. The van der Waals surface area contributed by atoms with E-state index < -0.39 is 144 Å². The Morgan fingerprint density at radius 1 is 0.691 bits per heavy atom. The first-order valence-electron chi connectivity index (χ1n) is 38.4. The monoisotopic (exact) mass is 1520 g/mol. The summed E-state index contributed by atoms with van der Waals surface area (Å²) in [5.41, 5.74) is 2.76. The van der Waals surface area contributed by atoms with Crippen LogP contribution in [-0.2, 0) is 108 Å². The van der Waals surface area contributed by atoms with Crippen LogP contribution in [0.2, 0.25) is 0 Å². The van der Waals surface area contributed by atoms with Crippen LogP contribution in [0.4, 0.5) is 4.39 Å². The van der Waals surface area contributed by atoms with Crippen molar-refractivity contribution in [1.82, 2.24) is 72.4 Å². The third-order valence-corrected chi connectivity index (χ3v) is 21.3. The van der Waals surface area contributed by atoms with E-state index in [1.807, 2.05) is 35.9 Å². The summed E-state index contributed by atoms with van der Waals surface area (Å²) in [4.78, 5) is 182. The van der Waals surface area contributed by atoms with Gasteiger partial charge in [0.15, 0.2) is 0 Å². The molecule has 2 fully saturated rings. The van der Waals surface area contributed by atoms with Gasteiger partial charge >= 0.3 is 0 Å². The van der Waals surface area contributed by atoms with E-state index in [2.05, 4.69) is 53.2 Å². The number of amides is 12. The molecule has 11 N–H and O–H groups in total. The number of aliphatic hydroxyl groups excluding tert-OH is 1. The minimum absolute atomic E-state index is 0.0709. The molecule has 10 atom stereocenters. The molecule has 2 saturated heterocycles. The fourth-order valence-electron chi connectivity index (χ4n) is 15.0. The Balaban J connectivity index is 1.08. The summed E-state index contributed by atoms with van der Waals surface area (Å²) in [5.74, 6) is -9.02. The van der Waals surface area contributed by atoms with Crippen LogP contribution < -0.4 is 57.9 Å². The Morgan fingerprint density at radius 2 is 1.43 bits per heavy atom. The van der Waals surface area contributed by atoms with Gasteiger partial charge in [0.2, 0.25) is 70.9 Å². The van der Waals surface area contributed by atoms with Crippen molar-refractivity contribution in [2.75, 3.05) is 60.0 Å². The molecule has 7 heterocycles. The Kier molecular flexibility index (Phi) is 29.0. The van der Waals surface area contributed by atoms with Gasteiger partial charge in [0.1, 0.15) is 66.0 Å². The Labute approximate surface area is 639 Å². The third-order valence-electron chi connectivity index (χ3n) is 21.3. The van der Waals surface area contributed by atoms with Crippen molar-refractivity contribution in [2.45, 2.75) is 210 Å². The van der Waals surface area contributed by atoms with E-state index in [1.165, 1.54) is 38.0 Å². The van der Waals surface area contributed by atoms with Crippen LogP contribution >= 0.6 is 0 Å². The first-order chi connectivity index (χ1) is 52.9. The summed E-state index contributed by atoms with van der Waals surface area (Å²) in [5, 5.41) is 40.1. The number of unbranched alkanes of at least 4 members (excludes halogenated alkanes) is 2. The second-order valence-electron chi connectivity index (χ2n) is 29.6. The molecule has 6 aliphatic heterocycles. The van der Waals surface area contributed by atoms with Gasteiger partial charge in [0, 0.05) is 108 Å². The molecule has 0 aliphatic carbocycles. The molecule has 0 spiro atoms. The lowest BCUT2D eigenvalue weighted by molar-refractivity contribution is -0.148. The van der Waals surface area contributed by atoms with Crippen molar-refractivity contribution < 1.29 is 76.5 Å². The maximum atomic E-state index is 16.2. The molecule has 0 saturated carbocycles. The van der Waals surface area contributed by atoms with Gasteiger partial charge in [0.05, 0.1) is 19.3 Å². The van der Waals surface area contributed by atoms with Gasteiger partial charge in [-0.15, -0.1) is 0 Å². The number of halogens is 1. The average molecular weight is 1520 g/mol. The molecule has 12 amide bonds. The lowest BCUT2D eigenvalue weighted by Crippen LogP contribution is -2.64. The van der Waals surface area contributed by atoms with Crippen LogP contribution in [0.1, 0.15) is 138 Å². The summed E-state index contributed by atoms with van der Waals surface area (Å²) in [6.07, 6.45) is 2.96. The summed E-state index contributed by atoms with van der Waals surface area (Å²) >= 11 is 0. The highest BCUT2D eigenvalue weighted by Gasteiger charge is 2.50. The van der Waals surface area contributed by atoms with Crippen LogP contribution in [0.5, 0.6) is 5.75 Å². The highest BCUT2D eigenvalue weighted by Crippen LogP contribution is 2.32. The zero-order valence-electron chi connectivity index (χ0n) is 63.4. The van der Waals surface area contributed by atoms with Gasteiger partial charge in [-0.1, -0.05) is 79.9 Å². The average Bonchev–Trinajstić information content (AvgIpc) is 1.23. The molecule has 12 bridgehead atoms. The van der Waals surface area contributed by atoms with Gasteiger partial charge in [-0.3, -0.25) is 57.5 Å². The first-order valence-corrected chi connectivity index (χ1v) is 38.4. The number of hydrogen-bond acceptors (Lipinski definition) is 16. The maximum Gasteiger partial charge on any atom is 0.246 e. The predicted octanol–water partition coefficient (Wildman–Crippen LogP) is 2.07. The summed E-state index contributed by atoms with van der Waals surface area (Å²) in [7, 11) is 3.31. The Morgan fingerprint density at radius 3 is 2.18 bits per heavy atom. The molecular formula is C80H105FN14O15. The van der Waals surface area contributed by atoms with Crippen molar-refractivity contribution >= 4 is 81.8 Å². The van der Waals surface area contributed by atoms with Crippen molar-refractivity contribution in [2.24, 2.45) is 0 Å². The minimum atomic E-state index is -1.85. The number of benzene rings is 4. The van der Waals surface area contributed by atoms with E-state index in [9.17, 15) is 33.9 Å². The van der Waals surface area contributed by atoms with Crippen LogP contribution in [0.25, 0.3) is 10.9 Å². The van der Waals surface area contributed by atoms with Crippen LogP contribution in [0.15, 0.2) is 97.2 Å². The van der Waals surface area contributed by atoms with E-state index in [1.54, 1.807) is 72.6 Å². The van der Waals surface area contributed by atoms with Crippen molar-refractivity contribution in [3.05, 3.63) is 136 Å². The number of carbonyl (C=O) groups is 12. The number of ether oxygens (including phenoxy) is 2. The van der Waals surface area contributed by atoms with Crippen molar-refractivity contribution in [3.63, 3.8) is 0 Å². The van der Waals surface area contributed by atoms with E-state index in [0.717, 1.165) is 29.0 Å². The van der Waals surface area contributed by atoms with Gasteiger partial charge in [-0.05, 0) is 149 Å². The summed E-state index contributed by atoms with van der Waals surface area (Å²) < 4.78 is 29.4. The van der Waals surface area contributed by atoms with Crippen LogP contribution in [0.3, 0.4) is 0 Å². The largest absolute Gasteiger partial charge is 0.497 e. The van der Waals surface area contributed by atoms with Crippen molar-refractivity contribution in [3.8, 4) is 5.75 Å². The Bertz CT molecular complexity index is 4140. The molecule has 29 nitrogen and oxygen atoms in total. The number of aliphatic hydroxyl groups is 1. The number of rotatable bonds is 12. The fraction of sp³-hybridized carbons (Fsp3) is 0.525. The molecule has 3 unspecified atom stereocenters. The number of fused-ring (bicyclic) bond motifs is 16. The quantitative estimate of drug-likeness (QED) is 0.0797. The highest BCUT2D eigenvalue weighted by molar-refractivity contribution is 6.00. The SMILES string of the molecule is CNCCCCCC(=O)NCC1NC(=O)[C@H](C)NC(=O)CCC(=O)N2CCCCCCn3cc(c4cc(F)ccc43)CC3NC(=O)[C@H](Cc4cccc(c4)CNC(=O)CO[C@H]4CCN(C3=O)C4C(=O)N[C@@H]([C@@H](C)O)C(=O)N[C@@H](Cc3ccc(OC)cc3)C(=O)N3CCC[C@@]3(C)C(=O)NCCc3ccc(cc3)C2)NC1=O. The molecule has 592 valence electrons. The van der Waals surface area contributed by atoms with Crippen molar-refractivity contribution in [1.29, 1.82) is 0 Å². The lowest BCUT2D eigenvalue weighted by Gasteiger charge is -2.37. The Hall–Kier alpha value is -10.3. The smallest absolute Gasteiger partial charge is 0.246 e. The molecule has 5 aromatic rings. The summed E-state index contributed by atoms with van der Waals surface area (Å²) in [6, 6.07) is 14.0. The fourth-order valence-corrected chi connectivity index (χ4v) is 15.0. The van der Waals surface area contributed by atoms with Gasteiger partial charge in [0.25, 0.3) is 0 Å². The maximum absolute atomic E-state index is 16.2. The normalized spacial score (nSPS) is 25.0. The standard InChI is InChI=1S/C80H105FN14O15/c1-49-72(101)90-63(45-85-66(97)17-9-8-10-33-82-4)74(103)87-60-41-54-15-13-16-55(39-54)44-84-68(99)48-110-65-31-38-94-71(65)76(105)91-70(50(2)96)75(104)89-61(40-52-22-25-58(109-5)26-23-52)78(107)95-37-14-32-80(95,3)79(108)83-34-30-51-18-20-53(21-19-51)46-93(69(100)29-28-67(98)86-49)36-12-7-6-11-35-92-47-56(42-62(77(94)106)88-73(60)102)59-43-57(81)24-27-64(59)92/h13,15-16,18-27,39,43,47,49-50,60-63,65,70-71,82,96H,6-12,14,17,28-38,40-42,44-46,48H2,1-5H3,(H,83,108)(H,84,99)(H,85,97)(H,86,98)(H,87,103)(H,88,102)(H,89,104)(H,90,101)(H,91,105)/t49-,50+,60-,61-,62?,63?,65-,70-,71?,80-/m0/s1. The second-order valence-corrected chi connectivity index (χ2v) is 29.6. The summed E-state index contributed by atoms with van der Waals surface area (Å²) in [6.45, 7) is 4.73. The second kappa shape index (κ2) is 38.8. The van der Waals surface area contributed by atoms with Gasteiger partial charge in [-0.25, -0.2) is 4.39 Å². The number of nitrogens with one attached hydrogen (secondary N) is 10.